The molecule has 2 aromatic carbocycles. The molecule has 8 heteroatoms. The van der Waals surface area contributed by atoms with Crippen molar-refractivity contribution < 1.29 is 14.4 Å². The van der Waals surface area contributed by atoms with Crippen LogP contribution in [0.1, 0.15) is 33.2 Å². The van der Waals surface area contributed by atoms with Gasteiger partial charge in [0.25, 0.3) is 11.8 Å². The SMILES string of the molecule is Cc1cccc(C(=O)NC(C)C(=O)NCCNC(=O)c2ccc(Cl)c(Cl)c2)c1. The van der Waals surface area contributed by atoms with Gasteiger partial charge in [-0.3, -0.25) is 14.4 Å². The smallest absolute Gasteiger partial charge is 0.251 e. The molecule has 1 unspecified atom stereocenters. The van der Waals surface area contributed by atoms with Gasteiger partial charge in [-0.15, -0.1) is 0 Å². The van der Waals surface area contributed by atoms with E-state index in [4.69, 9.17) is 23.2 Å². The van der Waals surface area contributed by atoms with Gasteiger partial charge in [0.2, 0.25) is 5.91 Å². The van der Waals surface area contributed by atoms with Crippen LogP contribution in [0, 0.1) is 6.92 Å². The number of nitrogens with one attached hydrogen (secondary N) is 3. The Kier molecular flexibility index (Phi) is 7.84. The maximum absolute atomic E-state index is 12.2. The Morgan fingerprint density at radius 1 is 0.893 bits per heavy atom. The minimum Gasteiger partial charge on any atom is -0.353 e. The van der Waals surface area contributed by atoms with Gasteiger partial charge in [0.15, 0.2) is 0 Å². The number of hydrogen-bond acceptors (Lipinski definition) is 3. The number of aryl methyl sites for hydroxylation is 1. The fraction of sp³-hybridized carbons (Fsp3) is 0.250. The van der Waals surface area contributed by atoms with E-state index in [9.17, 15) is 14.4 Å². The minimum absolute atomic E-state index is 0.219. The highest BCUT2D eigenvalue weighted by molar-refractivity contribution is 6.42. The van der Waals surface area contributed by atoms with Crippen LogP contribution in [0.25, 0.3) is 0 Å². The molecule has 0 saturated carbocycles. The van der Waals surface area contributed by atoms with Crippen LogP contribution >= 0.6 is 23.2 Å². The molecule has 148 valence electrons. The lowest BCUT2D eigenvalue weighted by molar-refractivity contribution is -0.122. The van der Waals surface area contributed by atoms with Gasteiger partial charge in [-0.1, -0.05) is 40.9 Å². The molecule has 0 aliphatic carbocycles. The van der Waals surface area contributed by atoms with Crippen molar-refractivity contribution in [2.45, 2.75) is 19.9 Å². The molecular formula is C20H21Cl2N3O3. The summed E-state index contributed by atoms with van der Waals surface area (Å²) in [5.74, 6) is -0.988. The monoisotopic (exact) mass is 421 g/mol. The van der Waals surface area contributed by atoms with Gasteiger partial charge in [0.1, 0.15) is 6.04 Å². The van der Waals surface area contributed by atoms with Gasteiger partial charge >= 0.3 is 0 Å². The van der Waals surface area contributed by atoms with Gasteiger partial charge < -0.3 is 16.0 Å². The third-order valence-corrected chi connectivity index (χ3v) is 4.65. The zero-order chi connectivity index (χ0) is 20.7. The number of benzene rings is 2. The van der Waals surface area contributed by atoms with Crippen molar-refractivity contribution in [3.8, 4) is 0 Å². The van der Waals surface area contributed by atoms with Gasteiger partial charge in [0.05, 0.1) is 10.0 Å². The quantitative estimate of drug-likeness (QED) is 0.600. The van der Waals surface area contributed by atoms with Crippen LogP contribution in [0.2, 0.25) is 10.0 Å². The van der Waals surface area contributed by atoms with Crippen molar-refractivity contribution >= 4 is 40.9 Å². The molecule has 2 rings (SSSR count). The Labute approximate surface area is 173 Å². The second-order valence-corrected chi connectivity index (χ2v) is 7.05. The van der Waals surface area contributed by atoms with Crippen molar-refractivity contribution in [1.29, 1.82) is 0 Å². The van der Waals surface area contributed by atoms with Gasteiger partial charge in [-0.25, -0.2) is 0 Å². The largest absolute Gasteiger partial charge is 0.353 e. The highest BCUT2D eigenvalue weighted by Crippen LogP contribution is 2.22. The van der Waals surface area contributed by atoms with Crippen LogP contribution in [0.3, 0.4) is 0 Å². The summed E-state index contributed by atoms with van der Waals surface area (Å²) in [7, 11) is 0. The molecule has 1 atom stereocenters. The van der Waals surface area contributed by atoms with Crippen LogP contribution in [0.4, 0.5) is 0 Å². The first-order valence-electron chi connectivity index (χ1n) is 8.66. The maximum atomic E-state index is 12.2. The summed E-state index contributed by atoms with van der Waals surface area (Å²) < 4.78 is 0. The molecule has 3 N–H and O–H groups in total. The third-order valence-electron chi connectivity index (χ3n) is 3.91. The first-order chi connectivity index (χ1) is 13.3. The topological polar surface area (TPSA) is 87.3 Å². The minimum atomic E-state index is -0.709. The van der Waals surface area contributed by atoms with E-state index in [2.05, 4.69) is 16.0 Å². The van der Waals surface area contributed by atoms with E-state index < -0.39 is 6.04 Å². The number of carbonyl (C=O) groups is 3. The Morgan fingerprint density at radius 3 is 2.25 bits per heavy atom. The molecule has 0 radical (unpaired) electrons. The Bertz CT molecular complexity index is 887. The zero-order valence-corrected chi connectivity index (χ0v) is 17.0. The summed E-state index contributed by atoms with van der Waals surface area (Å²) in [5.41, 5.74) is 1.83. The molecule has 3 amide bonds. The van der Waals surface area contributed by atoms with E-state index in [0.29, 0.717) is 21.2 Å². The van der Waals surface area contributed by atoms with Crippen LogP contribution in [-0.2, 0) is 4.79 Å². The lowest BCUT2D eigenvalue weighted by Gasteiger charge is -2.14. The van der Waals surface area contributed by atoms with Crippen molar-refractivity contribution in [3.05, 3.63) is 69.2 Å². The van der Waals surface area contributed by atoms with Crippen molar-refractivity contribution in [3.63, 3.8) is 0 Å². The molecule has 0 saturated heterocycles. The van der Waals surface area contributed by atoms with Crippen LogP contribution in [0.15, 0.2) is 42.5 Å². The lowest BCUT2D eigenvalue weighted by Crippen LogP contribution is -2.46. The summed E-state index contributed by atoms with van der Waals surface area (Å²) >= 11 is 11.7. The van der Waals surface area contributed by atoms with E-state index in [1.54, 1.807) is 37.3 Å². The van der Waals surface area contributed by atoms with Crippen LogP contribution in [-0.4, -0.2) is 36.9 Å². The molecule has 0 aliphatic rings. The molecular weight excluding hydrogens is 401 g/mol. The third kappa shape index (κ3) is 6.25. The Hall–Kier alpha value is -2.57. The van der Waals surface area contributed by atoms with Gasteiger partial charge in [0, 0.05) is 24.2 Å². The summed E-state index contributed by atoms with van der Waals surface area (Å²) in [6.45, 7) is 3.93. The second kappa shape index (κ2) is 10.1. The second-order valence-electron chi connectivity index (χ2n) is 6.24. The number of rotatable bonds is 7. The standard InChI is InChI=1S/C20H21Cl2N3O3/c1-12-4-3-5-14(10-12)20(28)25-13(2)18(26)23-8-9-24-19(27)15-6-7-16(21)17(22)11-15/h3-7,10-11,13H,8-9H2,1-2H3,(H,23,26)(H,24,27)(H,25,28). The number of halogens is 2. The fourth-order valence-corrected chi connectivity index (χ4v) is 2.68. The average molecular weight is 422 g/mol. The van der Waals surface area contributed by atoms with Crippen molar-refractivity contribution in [1.82, 2.24) is 16.0 Å². The van der Waals surface area contributed by atoms with Gasteiger partial charge in [-0.2, -0.15) is 0 Å². The first kappa shape index (κ1) is 21.7. The Balaban J connectivity index is 1.74. The number of carbonyl (C=O) groups excluding carboxylic acids is 3. The van der Waals surface area contributed by atoms with Crippen LogP contribution in [0.5, 0.6) is 0 Å². The highest BCUT2D eigenvalue weighted by Gasteiger charge is 2.16. The molecule has 0 spiro atoms. The molecule has 0 bridgehead atoms. The predicted octanol–water partition coefficient (Wildman–Crippen LogP) is 2.97. The number of amides is 3. The van der Waals surface area contributed by atoms with E-state index in [-0.39, 0.29) is 30.8 Å². The zero-order valence-electron chi connectivity index (χ0n) is 15.5. The van der Waals surface area contributed by atoms with Crippen molar-refractivity contribution in [2.75, 3.05) is 13.1 Å². The van der Waals surface area contributed by atoms with E-state index in [1.807, 2.05) is 13.0 Å². The van der Waals surface area contributed by atoms with Gasteiger partial charge in [-0.05, 0) is 44.2 Å². The average Bonchev–Trinajstić information content (AvgIpc) is 2.66. The summed E-state index contributed by atoms with van der Waals surface area (Å²) in [5, 5.41) is 8.64. The molecule has 0 fully saturated rings. The fourth-order valence-electron chi connectivity index (χ4n) is 2.39. The molecule has 6 nitrogen and oxygen atoms in total. The molecule has 0 heterocycles. The van der Waals surface area contributed by atoms with E-state index in [1.165, 1.54) is 6.07 Å². The maximum Gasteiger partial charge on any atom is 0.251 e. The molecule has 0 aliphatic heterocycles. The Morgan fingerprint density at radius 2 is 1.57 bits per heavy atom. The van der Waals surface area contributed by atoms with Crippen LogP contribution < -0.4 is 16.0 Å². The van der Waals surface area contributed by atoms with Crippen molar-refractivity contribution in [2.24, 2.45) is 0 Å². The molecule has 0 aromatic heterocycles. The summed E-state index contributed by atoms with van der Waals surface area (Å²) in [6.07, 6.45) is 0. The molecule has 28 heavy (non-hydrogen) atoms. The van der Waals surface area contributed by atoms with E-state index in [0.717, 1.165) is 5.56 Å². The highest BCUT2D eigenvalue weighted by atomic mass is 35.5. The normalized spacial score (nSPS) is 11.4. The predicted molar refractivity (Wildman–Crippen MR) is 110 cm³/mol. The summed E-state index contributed by atoms with van der Waals surface area (Å²) in [6, 6.07) is 11.0. The number of hydrogen-bond donors (Lipinski definition) is 3. The summed E-state index contributed by atoms with van der Waals surface area (Å²) in [4.78, 5) is 36.3. The lowest BCUT2D eigenvalue weighted by atomic mass is 10.1. The van der Waals surface area contributed by atoms with E-state index >= 15 is 0 Å². The molecule has 2 aromatic rings. The first-order valence-corrected chi connectivity index (χ1v) is 9.42.